The first kappa shape index (κ1) is 24.0. The van der Waals surface area contributed by atoms with Crippen molar-refractivity contribution < 1.29 is 18.8 Å². The number of ether oxygens (including phenoxy) is 1. The molecule has 3 N–H and O–H groups in total. The number of rotatable bonds is 8. The first-order valence-electron chi connectivity index (χ1n) is 9.26. The maximum absolute atomic E-state index is 13.9. The van der Waals surface area contributed by atoms with Crippen LogP contribution in [0.3, 0.4) is 0 Å². The maximum atomic E-state index is 13.9. The molecule has 3 aromatic rings. The normalized spacial score (nSPS) is 10.5. The molecular weight excluding hydrogens is 475 g/mol. The first-order valence-corrected chi connectivity index (χ1v) is 10.9. The van der Waals surface area contributed by atoms with E-state index in [1.807, 2.05) is 12.3 Å². The molecule has 0 spiro atoms. The van der Waals surface area contributed by atoms with Gasteiger partial charge < -0.3 is 20.7 Å². The van der Waals surface area contributed by atoms with E-state index in [0.717, 1.165) is 17.0 Å². The van der Waals surface area contributed by atoms with E-state index in [4.69, 9.17) is 16.3 Å². The van der Waals surface area contributed by atoms with Gasteiger partial charge in [-0.1, -0.05) is 11.6 Å². The zero-order valence-corrected chi connectivity index (χ0v) is 19.2. The molecule has 0 aliphatic carbocycles. The highest BCUT2D eigenvalue weighted by molar-refractivity contribution is 7.98. The summed E-state index contributed by atoms with van der Waals surface area (Å²) in [7, 11) is 1.30. The molecule has 33 heavy (non-hydrogen) atoms. The van der Waals surface area contributed by atoms with Gasteiger partial charge in [0.25, 0.3) is 0 Å². The van der Waals surface area contributed by atoms with E-state index in [1.165, 1.54) is 32.0 Å². The van der Waals surface area contributed by atoms with Gasteiger partial charge in [-0.05, 0) is 24.5 Å². The fourth-order valence-electron chi connectivity index (χ4n) is 2.80. The van der Waals surface area contributed by atoms with Crippen molar-refractivity contribution in [1.82, 2.24) is 9.97 Å². The molecule has 3 rings (SSSR count). The van der Waals surface area contributed by atoms with Crippen LogP contribution >= 0.6 is 23.4 Å². The van der Waals surface area contributed by atoms with Gasteiger partial charge in [0.05, 0.1) is 29.6 Å². The molecule has 0 radical (unpaired) electrons. The molecule has 1 aromatic heterocycles. The SMILES string of the molecule is COc1cc(F)c([N+](=O)[O-])cc1Nc1ncc(Cl)c(Nc2cc(NC(C)=O)ccc2SC)n1. The molecule has 0 aliphatic rings. The molecule has 0 atom stereocenters. The minimum Gasteiger partial charge on any atom is -0.494 e. The van der Waals surface area contributed by atoms with Gasteiger partial charge in [-0.15, -0.1) is 11.8 Å². The number of carbonyl (C=O) groups is 1. The van der Waals surface area contributed by atoms with E-state index < -0.39 is 16.4 Å². The number of nitro groups is 1. The molecule has 172 valence electrons. The minimum absolute atomic E-state index is 0.0267. The summed E-state index contributed by atoms with van der Waals surface area (Å²) in [5.41, 5.74) is 0.575. The van der Waals surface area contributed by atoms with Crippen LogP contribution in [0, 0.1) is 15.9 Å². The highest BCUT2D eigenvalue weighted by Crippen LogP contribution is 2.35. The Morgan fingerprint density at radius 1 is 1.24 bits per heavy atom. The van der Waals surface area contributed by atoms with Crippen molar-refractivity contribution in [2.24, 2.45) is 0 Å². The topological polar surface area (TPSA) is 131 Å². The van der Waals surface area contributed by atoms with Crippen molar-refractivity contribution in [3.63, 3.8) is 0 Å². The summed E-state index contributed by atoms with van der Waals surface area (Å²) in [4.78, 5) is 30.9. The van der Waals surface area contributed by atoms with E-state index >= 15 is 0 Å². The van der Waals surface area contributed by atoms with Crippen LogP contribution in [0.15, 0.2) is 41.4 Å². The molecule has 1 amide bonds. The van der Waals surface area contributed by atoms with Crippen LogP contribution in [0.1, 0.15) is 6.92 Å². The van der Waals surface area contributed by atoms with Crippen LogP contribution in [0.4, 0.5) is 38.9 Å². The average Bonchev–Trinajstić information content (AvgIpc) is 2.76. The summed E-state index contributed by atoms with van der Waals surface area (Å²) >= 11 is 7.73. The summed E-state index contributed by atoms with van der Waals surface area (Å²) in [6.45, 7) is 1.41. The highest BCUT2D eigenvalue weighted by atomic mass is 35.5. The molecule has 0 aliphatic heterocycles. The van der Waals surface area contributed by atoms with E-state index in [2.05, 4.69) is 25.9 Å². The predicted octanol–water partition coefficient (Wildman–Crippen LogP) is 5.35. The quantitative estimate of drug-likeness (QED) is 0.216. The number of nitrogens with zero attached hydrogens (tertiary/aromatic N) is 3. The van der Waals surface area contributed by atoms with E-state index in [-0.39, 0.29) is 34.1 Å². The standard InChI is InChI=1S/C20H18ClFN6O4S/c1-10(29)24-11-4-5-18(33-3)15(6-11)25-19-12(21)9-23-20(27-19)26-14-8-16(28(30)31)13(22)7-17(14)32-2/h4-9H,1-3H3,(H,24,29)(H2,23,25,26,27). The number of nitro benzene ring substituents is 1. The summed E-state index contributed by atoms with van der Waals surface area (Å²) in [6, 6.07) is 7.21. The van der Waals surface area contributed by atoms with Gasteiger partial charge in [0, 0.05) is 29.6 Å². The monoisotopic (exact) mass is 492 g/mol. The third-order valence-corrected chi connectivity index (χ3v) is 5.30. The average molecular weight is 493 g/mol. The van der Waals surface area contributed by atoms with Crippen LogP contribution in [-0.2, 0) is 4.79 Å². The third-order valence-electron chi connectivity index (χ3n) is 4.23. The second-order valence-electron chi connectivity index (χ2n) is 6.50. The number of hydrogen-bond acceptors (Lipinski definition) is 9. The second-order valence-corrected chi connectivity index (χ2v) is 7.75. The van der Waals surface area contributed by atoms with Crippen molar-refractivity contribution in [1.29, 1.82) is 0 Å². The third kappa shape index (κ3) is 5.79. The Morgan fingerprint density at radius 3 is 2.64 bits per heavy atom. The van der Waals surface area contributed by atoms with Crippen molar-refractivity contribution >= 4 is 63.8 Å². The van der Waals surface area contributed by atoms with Gasteiger partial charge in [-0.3, -0.25) is 14.9 Å². The zero-order chi connectivity index (χ0) is 24.1. The fourth-order valence-corrected chi connectivity index (χ4v) is 3.47. The van der Waals surface area contributed by atoms with Gasteiger partial charge in [-0.2, -0.15) is 9.37 Å². The summed E-state index contributed by atoms with van der Waals surface area (Å²) < 4.78 is 19.0. The van der Waals surface area contributed by atoms with Crippen LogP contribution in [0.5, 0.6) is 5.75 Å². The molecule has 0 saturated carbocycles. The lowest BCUT2D eigenvalue weighted by molar-refractivity contribution is -0.387. The van der Waals surface area contributed by atoms with Crippen molar-refractivity contribution in [2.75, 3.05) is 29.3 Å². The lowest BCUT2D eigenvalue weighted by Crippen LogP contribution is -2.07. The van der Waals surface area contributed by atoms with Crippen LogP contribution in [0.25, 0.3) is 0 Å². The molecule has 0 fully saturated rings. The highest BCUT2D eigenvalue weighted by Gasteiger charge is 2.20. The number of anilines is 5. The van der Waals surface area contributed by atoms with Crippen LogP contribution in [-0.4, -0.2) is 34.2 Å². The number of methoxy groups -OCH3 is 1. The Morgan fingerprint density at radius 2 is 2.00 bits per heavy atom. The Labute approximate surface area is 197 Å². The van der Waals surface area contributed by atoms with Crippen molar-refractivity contribution in [3.05, 3.63) is 57.5 Å². The van der Waals surface area contributed by atoms with Gasteiger partial charge in [-0.25, -0.2) is 4.98 Å². The van der Waals surface area contributed by atoms with Gasteiger partial charge >= 0.3 is 5.69 Å². The predicted molar refractivity (Wildman–Crippen MR) is 126 cm³/mol. The Kier molecular flexibility index (Phi) is 7.51. The molecule has 10 nitrogen and oxygen atoms in total. The van der Waals surface area contributed by atoms with Gasteiger partial charge in [0.2, 0.25) is 17.7 Å². The molecular formula is C20H18ClFN6O4S. The van der Waals surface area contributed by atoms with Gasteiger partial charge in [0.1, 0.15) is 10.8 Å². The number of thioether (sulfide) groups is 1. The van der Waals surface area contributed by atoms with Gasteiger partial charge in [0.15, 0.2) is 5.82 Å². The largest absolute Gasteiger partial charge is 0.494 e. The number of benzene rings is 2. The smallest absolute Gasteiger partial charge is 0.307 e. The number of amides is 1. The van der Waals surface area contributed by atoms with E-state index in [9.17, 15) is 19.3 Å². The fraction of sp³-hybridized carbons (Fsp3) is 0.150. The summed E-state index contributed by atoms with van der Waals surface area (Å²) in [6.07, 6.45) is 3.22. The van der Waals surface area contributed by atoms with Crippen molar-refractivity contribution in [3.8, 4) is 5.75 Å². The molecule has 1 heterocycles. The number of aromatic nitrogens is 2. The maximum Gasteiger partial charge on any atom is 0.307 e. The lowest BCUT2D eigenvalue weighted by Gasteiger charge is -2.15. The van der Waals surface area contributed by atoms with Crippen molar-refractivity contribution in [2.45, 2.75) is 11.8 Å². The van der Waals surface area contributed by atoms with Crippen LogP contribution < -0.4 is 20.7 Å². The zero-order valence-electron chi connectivity index (χ0n) is 17.6. The lowest BCUT2D eigenvalue weighted by atomic mass is 10.2. The molecule has 2 aromatic carbocycles. The summed E-state index contributed by atoms with van der Waals surface area (Å²) in [5.74, 6) is -0.958. The number of hydrogen-bond donors (Lipinski definition) is 3. The Hall–Kier alpha value is -3.64. The first-order chi connectivity index (χ1) is 15.7. The molecule has 0 saturated heterocycles. The minimum atomic E-state index is -1.04. The number of carbonyl (C=O) groups excluding carboxylic acids is 1. The summed E-state index contributed by atoms with van der Waals surface area (Å²) in [5, 5.41) is 19.9. The molecule has 0 bridgehead atoms. The van der Waals surface area contributed by atoms with Crippen LogP contribution in [0.2, 0.25) is 5.02 Å². The Bertz CT molecular complexity index is 1230. The number of halogens is 2. The number of nitrogens with one attached hydrogen (secondary N) is 3. The van der Waals surface area contributed by atoms with E-state index in [0.29, 0.717) is 11.4 Å². The van der Waals surface area contributed by atoms with E-state index in [1.54, 1.807) is 12.1 Å². The molecule has 13 heteroatoms. The Balaban J connectivity index is 1.95. The second kappa shape index (κ2) is 10.3. The molecule has 0 unspecified atom stereocenters.